The SMILES string of the molecule is OCCCCc1cncc(C2CC3CCC2N3)c1. The van der Waals surface area contributed by atoms with Crippen molar-refractivity contribution in [3.8, 4) is 0 Å². The minimum absolute atomic E-state index is 0.295. The van der Waals surface area contributed by atoms with Crippen molar-refractivity contribution < 1.29 is 5.11 Å². The highest BCUT2D eigenvalue weighted by atomic mass is 16.2. The van der Waals surface area contributed by atoms with Crippen LogP contribution in [0.25, 0.3) is 0 Å². The molecule has 2 fully saturated rings. The molecule has 18 heavy (non-hydrogen) atoms. The lowest BCUT2D eigenvalue weighted by Gasteiger charge is -2.20. The Balaban J connectivity index is 1.67. The summed E-state index contributed by atoms with van der Waals surface area (Å²) in [6, 6.07) is 3.76. The normalized spacial score (nSPS) is 29.9. The molecule has 3 rings (SSSR count). The van der Waals surface area contributed by atoms with Gasteiger partial charge in [0.15, 0.2) is 0 Å². The van der Waals surface area contributed by atoms with Gasteiger partial charge < -0.3 is 10.4 Å². The Bertz CT molecular complexity index is 407. The lowest BCUT2D eigenvalue weighted by molar-refractivity contribution is 0.284. The van der Waals surface area contributed by atoms with Crippen molar-refractivity contribution in [3.63, 3.8) is 0 Å². The van der Waals surface area contributed by atoms with Crippen LogP contribution in [-0.4, -0.2) is 28.8 Å². The predicted octanol–water partition coefficient (Wildman–Crippen LogP) is 2.00. The molecule has 3 heterocycles. The van der Waals surface area contributed by atoms with Crippen molar-refractivity contribution in [2.24, 2.45) is 0 Å². The lowest BCUT2D eigenvalue weighted by atomic mass is 9.84. The Morgan fingerprint density at radius 3 is 2.94 bits per heavy atom. The van der Waals surface area contributed by atoms with E-state index in [9.17, 15) is 0 Å². The van der Waals surface area contributed by atoms with E-state index in [-0.39, 0.29) is 0 Å². The number of aliphatic hydroxyl groups is 1. The fourth-order valence-corrected chi connectivity index (χ4v) is 3.48. The average molecular weight is 246 g/mol. The Kier molecular flexibility index (Phi) is 3.62. The van der Waals surface area contributed by atoms with Crippen molar-refractivity contribution in [2.75, 3.05) is 6.61 Å². The fourth-order valence-electron chi connectivity index (χ4n) is 3.48. The third kappa shape index (κ3) is 2.43. The first-order valence-corrected chi connectivity index (χ1v) is 7.17. The summed E-state index contributed by atoms with van der Waals surface area (Å²) in [5.74, 6) is 0.675. The second-order valence-electron chi connectivity index (χ2n) is 5.70. The molecular weight excluding hydrogens is 224 g/mol. The summed E-state index contributed by atoms with van der Waals surface area (Å²) in [5, 5.41) is 12.5. The zero-order valence-corrected chi connectivity index (χ0v) is 10.8. The first-order valence-electron chi connectivity index (χ1n) is 7.17. The maximum atomic E-state index is 8.82. The number of unbranched alkanes of at least 4 members (excludes halogenated alkanes) is 1. The second kappa shape index (κ2) is 5.37. The maximum absolute atomic E-state index is 8.82. The number of nitrogens with zero attached hydrogens (tertiary/aromatic N) is 1. The van der Waals surface area contributed by atoms with Gasteiger partial charge in [-0.3, -0.25) is 4.98 Å². The van der Waals surface area contributed by atoms with E-state index in [1.807, 2.05) is 12.4 Å². The minimum atomic E-state index is 0.295. The summed E-state index contributed by atoms with van der Waals surface area (Å²) < 4.78 is 0. The summed E-state index contributed by atoms with van der Waals surface area (Å²) in [4.78, 5) is 4.40. The number of aryl methyl sites for hydroxylation is 1. The molecule has 1 aromatic rings. The third-order valence-electron chi connectivity index (χ3n) is 4.42. The molecule has 2 N–H and O–H groups in total. The van der Waals surface area contributed by atoms with Gasteiger partial charge in [0.2, 0.25) is 0 Å². The first-order chi connectivity index (χ1) is 8.86. The number of pyridine rings is 1. The summed E-state index contributed by atoms with van der Waals surface area (Å²) in [6.07, 6.45) is 11.0. The molecule has 0 aromatic carbocycles. The Labute approximate surface area is 109 Å². The highest BCUT2D eigenvalue weighted by Gasteiger charge is 2.39. The summed E-state index contributed by atoms with van der Waals surface area (Å²) >= 11 is 0. The molecule has 0 spiro atoms. The van der Waals surface area contributed by atoms with Crippen LogP contribution in [0.3, 0.4) is 0 Å². The number of hydrogen-bond donors (Lipinski definition) is 2. The number of nitrogens with one attached hydrogen (secondary N) is 1. The van der Waals surface area contributed by atoms with Gasteiger partial charge in [0.25, 0.3) is 0 Å². The van der Waals surface area contributed by atoms with Crippen LogP contribution in [0.1, 0.15) is 49.1 Å². The predicted molar refractivity (Wildman–Crippen MR) is 71.6 cm³/mol. The largest absolute Gasteiger partial charge is 0.396 e. The molecule has 0 amide bonds. The van der Waals surface area contributed by atoms with Crippen LogP contribution in [0.5, 0.6) is 0 Å². The third-order valence-corrected chi connectivity index (χ3v) is 4.42. The summed E-state index contributed by atoms with van der Waals surface area (Å²) in [6.45, 7) is 0.295. The van der Waals surface area contributed by atoms with Gasteiger partial charge in [-0.1, -0.05) is 6.07 Å². The van der Waals surface area contributed by atoms with Gasteiger partial charge in [0, 0.05) is 37.0 Å². The molecule has 98 valence electrons. The molecule has 2 aliphatic rings. The van der Waals surface area contributed by atoms with Gasteiger partial charge in [0.05, 0.1) is 0 Å². The minimum Gasteiger partial charge on any atom is -0.396 e. The van der Waals surface area contributed by atoms with Crippen molar-refractivity contribution in [1.82, 2.24) is 10.3 Å². The molecule has 3 unspecified atom stereocenters. The van der Waals surface area contributed by atoms with Gasteiger partial charge in [-0.25, -0.2) is 0 Å². The molecule has 3 heteroatoms. The van der Waals surface area contributed by atoms with Crippen LogP contribution >= 0.6 is 0 Å². The quantitative estimate of drug-likeness (QED) is 0.781. The highest BCUT2D eigenvalue weighted by molar-refractivity contribution is 5.26. The standard InChI is InChI=1S/C15H22N2O/c18-6-2-1-3-11-7-12(10-16-9-11)14-8-13-4-5-15(14)17-13/h7,9-10,13-15,17-18H,1-6,8H2. The topological polar surface area (TPSA) is 45.2 Å². The van der Waals surface area contributed by atoms with Gasteiger partial charge in [-0.15, -0.1) is 0 Å². The van der Waals surface area contributed by atoms with Crippen LogP contribution in [0.4, 0.5) is 0 Å². The van der Waals surface area contributed by atoms with E-state index < -0.39 is 0 Å². The molecule has 3 atom stereocenters. The molecule has 2 aliphatic heterocycles. The fraction of sp³-hybridized carbons (Fsp3) is 0.667. The van der Waals surface area contributed by atoms with Crippen molar-refractivity contribution in [3.05, 3.63) is 29.6 Å². The number of aromatic nitrogens is 1. The molecule has 3 nitrogen and oxygen atoms in total. The van der Waals surface area contributed by atoms with E-state index in [0.717, 1.165) is 25.3 Å². The van der Waals surface area contributed by atoms with Crippen LogP contribution in [-0.2, 0) is 6.42 Å². The van der Waals surface area contributed by atoms with E-state index in [2.05, 4.69) is 16.4 Å². The van der Waals surface area contributed by atoms with Crippen LogP contribution in [0.15, 0.2) is 18.5 Å². The smallest absolute Gasteiger partial charge is 0.0431 e. The van der Waals surface area contributed by atoms with Crippen LogP contribution in [0, 0.1) is 0 Å². The van der Waals surface area contributed by atoms with Gasteiger partial charge in [-0.05, 0) is 49.7 Å². The van der Waals surface area contributed by atoms with Crippen LogP contribution in [0.2, 0.25) is 0 Å². The monoisotopic (exact) mass is 246 g/mol. The van der Waals surface area contributed by atoms with Crippen molar-refractivity contribution in [2.45, 2.75) is 56.5 Å². The maximum Gasteiger partial charge on any atom is 0.0431 e. The molecule has 1 aromatic heterocycles. The summed E-state index contributed by atoms with van der Waals surface area (Å²) in [5.41, 5.74) is 2.74. The molecule has 2 saturated heterocycles. The molecule has 0 radical (unpaired) electrons. The Hall–Kier alpha value is -0.930. The van der Waals surface area contributed by atoms with Crippen molar-refractivity contribution in [1.29, 1.82) is 0 Å². The highest BCUT2D eigenvalue weighted by Crippen LogP contribution is 2.39. The van der Waals surface area contributed by atoms with Gasteiger partial charge >= 0.3 is 0 Å². The first kappa shape index (κ1) is 12.1. The van der Waals surface area contributed by atoms with E-state index in [1.54, 1.807) is 0 Å². The second-order valence-corrected chi connectivity index (χ2v) is 5.70. The molecular formula is C15H22N2O. The average Bonchev–Trinajstić information content (AvgIpc) is 3.02. The summed E-state index contributed by atoms with van der Waals surface area (Å²) in [7, 11) is 0. The molecule has 0 aliphatic carbocycles. The van der Waals surface area contributed by atoms with E-state index in [0.29, 0.717) is 18.6 Å². The van der Waals surface area contributed by atoms with E-state index in [4.69, 9.17) is 5.11 Å². The zero-order valence-electron chi connectivity index (χ0n) is 10.8. The molecule has 2 bridgehead atoms. The zero-order chi connectivity index (χ0) is 12.4. The number of rotatable bonds is 5. The van der Waals surface area contributed by atoms with Gasteiger partial charge in [-0.2, -0.15) is 0 Å². The van der Waals surface area contributed by atoms with Gasteiger partial charge in [0.1, 0.15) is 0 Å². The van der Waals surface area contributed by atoms with Crippen LogP contribution < -0.4 is 5.32 Å². The number of aliphatic hydroxyl groups excluding tert-OH is 1. The number of fused-ring (bicyclic) bond motifs is 2. The Morgan fingerprint density at radius 2 is 2.22 bits per heavy atom. The van der Waals surface area contributed by atoms with Crippen molar-refractivity contribution >= 4 is 0 Å². The van der Waals surface area contributed by atoms with E-state index in [1.165, 1.54) is 30.4 Å². The Morgan fingerprint density at radius 1 is 1.28 bits per heavy atom. The lowest BCUT2D eigenvalue weighted by Crippen LogP contribution is -2.21. The number of hydrogen-bond acceptors (Lipinski definition) is 3. The van der Waals surface area contributed by atoms with E-state index >= 15 is 0 Å². The molecule has 0 saturated carbocycles.